The number of ether oxygens (including phenoxy) is 3. The van der Waals surface area contributed by atoms with Gasteiger partial charge in [0.05, 0.1) is 13.2 Å². The zero-order valence-corrected chi connectivity index (χ0v) is 21.4. The summed E-state index contributed by atoms with van der Waals surface area (Å²) < 4.78 is 46.2. The Morgan fingerprint density at radius 1 is 0.778 bits per heavy atom. The van der Waals surface area contributed by atoms with Crippen LogP contribution in [0.15, 0.2) is 78.9 Å². The van der Waals surface area contributed by atoms with Gasteiger partial charge in [0, 0.05) is 19.4 Å². The van der Waals surface area contributed by atoms with Crippen LogP contribution in [0, 0.1) is 0 Å². The van der Waals surface area contributed by atoms with Gasteiger partial charge < -0.3 is 18.4 Å². The van der Waals surface area contributed by atoms with Crippen LogP contribution in [0.1, 0.15) is 30.5 Å². The van der Waals surface area contributed by atoms with E-state index in [1.807, 2.05) is 49.4 Å². The fourth-order valence-corrected chi connectivity index (χ4v) is 4.60. The largest absolute Gasteiger partial charge is 0.493 e. The first-order valence-electron chi connectivity index (χ1n) is 11.9. The number of carbonyl (C=O) groups is 1. The third-order valence-electron chi connectivity index (χ3n) is 5.25. The lowest BCUT2D eigenvalue weighted by Crippen LogP contribution is -2.28. The van der Waals surface area contributed by atoms with Crippen molar-refractivity contribution in [3.05, 3.63) is 95.6 Å². The highest BCUT2D eigenvalue weighted by molar-refractivity contribution is 7.86. The molecule has 3 aromatic rings. The smallest absolute Gasteiger partial charge is 0.335 e. The lowest BCUT2D eigenvalue weighted by Gasteiger charge is -2.15. The molecule has 0 aliphatic rings. The molecular formula is C28H32O7S. The Morgan fingerprint density at radius 2 is 1.42 bits per heavy atom. The molecule has 7 nitrogen and oxygen atoms in total. The Balaban J connectivity index is 1.46. The van der Waals surface area contributed by atoms with Gasteiger partial charge in [0.15, 0.2) is 6.10 Å². The van der Waals surface area contributed by atoms with Crippen molar-refractivity contribution in [1.82, 2.24) is 0 Å². The minimum absolute atomic E-state index is 0.183. The summed E-state index contributed by atoms with van der Waals surface area (Å²) in [6, 6.07) is 23.4. The summed E-state index contributed by atoms with van der Waals surface area (Å²) in [5, 5.41) is 0. The number of rotatable bonds is 14. The fraction of sp³-hybridized carbons (Fsp3) is 0.321. The monoisotopic (exact) mass is 512 g/mol. The molecule has 0 spiro atoms. The van der Waals surface area contributed by atoms with E-state index < -0.39 is 16.2 Å². The number of esters is 1. The van der Waals surface area contributed by atoms with Crippen molar-refractivity contribution < 1.29 is 31.6 Å². The van der Waals surface area contributed by atoms with Crippen LogP contribution in [0.3, 0.4) is 0 Å². The number of hydrogen-bond acceptors (Lipinski definition) is 7. The zero-order valence-electron chi connectivity index (χ0n) is 20.6. The van der Waals surface area contributed by atoms with Gasteiger partial charge in [-0.1, -0.05) is 54.6 Å². The Labute approximate surface area is 213 Å². The highest BCUT2D eigenvalue weighted by atomic mass is 32.2. The van der Waals surface area contributed by atoms with Gasteiger partial charge in [-0.2, -0.15) is 8.42 Å². The van der Waals surface area contributed by atoms with Crippen molar-refractivity contribution in [3.63, 3.8) is 0 Å². The first-order valence-corrected chi connectivity index (χ1v) is 13.5. The lowest BCUT2D eigenvalue weighted by atomic mass is 10.1. The molecule has 8 heteroatoms. The van der Waals surface area contributed by atoms with Gasteiger partial charge in [-0.3, -0.25) is 0 Å². The maximum atomic E-state index is 12.3. The van der Waals surface area contributed by atoms with Crippen LogP contribution in [0.4, 0.5) is 0 Å². The first kappa shape index (κ1) is 27.2. The second-order valence-corrected chi connectivity index (χ2v) is 9.63. The second-order valence-electron chi connectivity index (χ2n) is 8.06. The summed E-state index contributed by atoms with van der Waals surface area (Å²) in [6.07, 6.45) is 0.457. The number of carbonyl (C=O) groups excluding carboxylic acids is 1. The van der Waals surface area contributed by atoms with Crippen molar-refractivity contribution in [3.8, 4) is 11.5 Å². The van der Waals surface area contributed by atoms with Crippen LogP contribution >= 0.6 is 0 Å². The SMILES string of the molecule is CCOC(=O)C(Cc1ccc(OCCc2ccc(OS(=O)(=O)Cc3ccccc3)cc2)cc1)OCC. The van der Waals surface area contributed by atoms with E-state index in [2.05, 4.69) is 0 Å². The molecule has 1 atom stereocenters. The first-order chi connectivity index (χ1) is 17.4. The van der Waals surface area contributed by atoms with Gasteiger partial charge in [-0.15, -0.1) is 0 Å². The molecule has 36 heavy (non-hydrogen) atoms. The van der Waals surface area contributed by atoms with Crippen molar-refractivity contribution in [2.24, 2.45) is 0 Å². The van der Waals surface area contributed by atoms with Gasteiger partial charge in [0.1, 0.15) is 17.3 Å². The minimum Gasteiger partial charge on any atom is -0.493 e. The molecule has 0 fully saturated rings. The average Bonchev–Trinajstić information content (AvgIpc) is 2.86. The van der Waals surface area contributed by atoms with Crippen LogP contribution in [0.5, 0.6) is 11.5 Å². The molecule has 3 aromatic carbocycles. The molecule has 192 valence electrons. The highest BCUT2D eigenvalue weighted by Crippen LogP contribution is 2.19. The Bertz CT molecular complexity index is 1170. The van der Waals surface area contributed by atoms with Crippen LogP contribution < -0.4 is 8.92 Å². The molecule has 0 saturated carbocycles. The lowest BCUT2D eigenvalue weighted by molar-refractivity contribution is -0.156. The van der Waals surface area contributed by atoms with E-state index in [1.54, 1.807) is 43.3 Å². The van der Waals surface area contributed by atoms with Gasteiger partial charge in [0.2, 0.25) is 0 Å². The maximum absolute atomic E-state index is 12.3. The van der Waals surface area contributed by atoms with E-state index in [-0.39, 0.29) is 17.5 Å². The molecule has 0 N–H and O–H groups in total. The normalized spacial score (nSPS) is 12.1. The van der Waals surface area contributed by atoms with Crippen LogP contribution in [0.25, 0.3) is 0 Å². The minimum atomic E-state index is -3.73. The predicted octanol–water partition coefficient (Wildman–Crippen LogP) is 4.73. The molecule has 0 bridgehead atoms. The average molecular weight is 513 g/mol. The van der Waals surface area contributed by atoms with Gasteiger partial charge in [-0.05, 0) is 54.8 Å². The molecule has 0 aliphatic carbocycles. The van der Waals surface area contributed by atoms with Crippen LogP contribution in [-0.2, 0) is 43.0 Å². The van der Waals surface area contributed by atoms with E-state index in [0.717, 1.165) is 16.9 Å². The molecule has 0 heterocycles. The summed E-state index contributed by atoms with van der Waals surface area (Å²) in [5.74, 6) is 0.455. The molecule has 3 rings (SSSR count). The highest BCUT2D eigenvalue weighted by Gasteiger charge is 2.20. The fourth-order valence-electron chi connectivity index (χ4n) is 3.54. The van der Waals surface area contributed by atoms with Crippen LogP contribution in [0.2, 0.25) is 0 Å². The standard InChI is InChI=1S/C28H32O7S/c1-3-32-27(28(29)33-4-2)20-23-12-14-25(15-13-23)34-19-18-22-10-16-26(17-11-22)35-36(30,31)21-24-8-6-5-7-9-24/h5-17,27H,3-4,18-21H2,1-2H3. The third-order valence-corrected chi connectivity index (χ3v) is 6.39. The molecule has 1 unspecified atom stereocenters. The van der Waals surface area contributed by atoms with Crippen molar-refractivity contribution in [1.29, 1.82) is 0 Å². The maximum Gasteiger partial charge on any atom is 0.335 e. The Morgan fingerprint density at radius 3 is 2.06 bits per heavy atom. The van der Waals surface area contributed by atoms with E-state index in [4.69, 9.17) is 18.4 Å². The number of benzene rings is 3. The van der Waals surface area contributed by atoms with Crippen LogP contribution in [-0.4, -0.2) is 40.3 Å². The van der Waals surface area contributed by atoms with Crippen molar-refractivity contribution >= 4 is 16.1 Å². The zero-order chi connectivity index (χ0) is 25.8. The van der Waals surface area contributed by atoms with Gasteiger partial charge >= 0.3 is 16.1 Å². The number of hydrogen-bond donors (Lipinski definition) is 0. The Hall–Kier alpha value is -3.36. The Kier molecular flexibility index (Phi) is 10.3. The van der Waals surface area contributed by atoms with Crippen molar-refractivity contribution in [2.75, 3.05) is 19.8 Å². The summed E-state index contributed by atoms with van der Waals surface area (Å²) in [5.41, 5.74) is 2.62. The summed E-state index contributed by atoms with van der Waals surface area (Å²) in [6.45, 7) is 4.82. The third kappa shape index (κ3) is 9.02. The van der Waals surface area contributed by atoms with Crippen molar-refractivity contribution in [2.45, 2.75) is 38.5 Å². The molecule has 0 amide bonds. The summed E-state index contributed by atoms with van der Waals surface area (Å²) >= 11 is 0. The molecule has 0 aliphatic heterocycles. The predicted molar refractivity (Wildman–Crippen MR) is 138 cm³/mol. The van der Waals surface area contributed by atoms with E-state index in [1.165, 1.54) is 0 Å². The molecule has 0 saturated heterocycles. The molecule has 0 aromatic heterocycles. The quantitative estimate of drug-likeness (QED) is 0.228. The van der Waals surface area contributed by atoms with Gasteiger partial charge in [0.25, 0.3) is 0 Å². The molecule has 0 radical (unpaired) electrons. The molecular weight excluding hydrogens is 480 g/mol. The topological polar surface area (TPSA) is 88.1 Å². The van der Waals surface area contributed by atoms with Gasteiger partial charge in [-0.25, -0.2) is 4.79 Å². The second kappa shape index (κ2) is 13.7. The summed E-state index contributed by atoms with van der Waals surface area (Å²) in [7, 11) is -3.73. The van der Waals surface area contributed by atoms with E-state index in [9.17, 15) is 13.2 Å². The summed E-state index contributed by atoms with van der Waals surface area (Å²) in [4.78, 5) is 12.0. The van der Waals surface area contributed by atoms with E-state index >= 15 is 0 Å². The van der Waals surface area contributed by atoms with E-state index in [0.29, 0.717) is 38.2 Å².